The smallest absolute Gasteiger partial charge is 0.221 e. The Bertz CT molecular complexity index is 769. The third-order valence-electron chi connectivity index (χ3n) is 2.92. The third kappa shape index (κ3) is 3.48. The number of aromatic nitrogens is 2. The van der Waals surface area contributed by atoms with Crippen molar-refractivity contribution in [3.05, 3.63) is 54.2 Å². The lowest BCUT2D eigenvalue weighted by Crippen LogP contribution is -2.05. The molecule has 3 rings (SSSR count). The molecule has 22 heavy (non-hydrogen) atoms. The van der Waals surface area contributed by atoms with Gasteiger partial charge in [0.2, 0.25) is 5.91 Å². The molecule has 6 heteroatoms. The molecule has 0 radical (unpaired) electrons. The Labute approximate surface area is 132 Å². The zero-order valence-electron chi connectivity index (χ0n) is 11.9. The molecule has 0 aliphatic carbocycles. The average molecular weight is 310 g/mol. The summed E-state index contributed by atoms with van der Waals surface area (Å²) in [6, 6.07) is 13.4. The quantitative estimate of drug-likeness (QED) is 0.767. The number of carbonyl (C=O) groups is 1. The molecule has 0 saturated carbocycles. The Kier molecular flexibility index (Phi) is 4.11. The van der Waals surface area contributed by atoms with E-state index in [4.69, 9.17) is 0 Å². The highest BCUT2D eigenvalue weighted by molar-refractivity contribution is 7.13. The van der Waals surface area contributed by atoms with Gasteiger partial charge in [0.1, 0.15) is 12.1 Å². The van der Waals surface area contributed by atoms with Crippen LogP contribution in [0.25, 0.3) is 10.6 Å². The Morgan fingerprint density at radius 2 is 1.86 bits per heavy atom. The molecule has 2 N–H and O–H groups in total. The van der Waals surface area contributed by atoms with Crippen LogP contribution in [0.1, 0.15) is 6.92 Å². The van der Waals surface area contributed by atoms with Crippen LogP contribution in [0.2, 0.25) is 0 Å². The second-order valence-electron chi connectivity index (χ2n) is 4.65. The van der Waals surface area contributed by atoms with E-state index in [0.29, 0.717) is 0 Å². The van der Waals surface area contributed by atoms with E-state index >= 15 is 0 Å². The SMILES string of the molecule is CC(=O)Nc1ccc(Nc2cc(-c3cccs3)ncn2)cc1. The summed E-state index contributed by atoms with van der Waals surface area (Å²) in [5.74, 6) is 0.641. The summed E-state index contributed by atoms with van der Waals surface area (Å²) in [6.07, 6.45) is 1.54. The number of anilines is 3. The van der Waals surface area contributed by atoms with E-state index in [-0.39, 0.29) is 5.91 Å². The van der Waals surface area contributed by atoms with Crippen molar-refractivity contribution < 1.29 is 4.79 Å². The Morgan fingerprint density at radius 3 is 2.55 bits per heavy atom. The van der Waals surface area contributed by atoms with Crippen molar-refractivity contribution in [1.82, 2.24) is 9.97 Å². The van der Waals surface area contributed by atoms with E-state index in [1.54, 1.807) is 17.7 Å². The van der Waals surface area contributed by atoms with E-state index in [0.717, 1.165) is 27.8 Å². The van der Waals surface area contributed by atoms with Gasteiger partial charge in [-0.2, -0.15) is 0 Å². The number of hydrogen-bond donors (Lipinski definition) is 2. The van der Waals surface area contributed by atoms with Crippen LogP contribution in [0.5, 0.6) is 0 Å². The van der Waals surface area contributed by atoms with Crippen LogP contribution in [-0.4, -0.2) is 15.9 Å². The zero-order chi connectivity index (χ0) is 15.4. The van der Waals surface area contributed by atoms with Gasteiger partial charge in [-0.3, -0.25) is 4.79 Å². The van der Waals surface area contributed by atoms with Gasteiger partial charge in [-0.05, 0) is 35.7 Å². The molecule has 0 atom stereocenters. The van der Waals surface area contributed by atoms with E-state index in [1.165, 1.54) is 6.92 Å². The van der Waals surface area contributed by atoms with E-state index in [1.807, 2.05) is 47.8 Å². The minimum atomic E-state index is -0.0860. The topological polar surface area (TPSA) is 66.9 Å². The summed E-state index contributed by atoms with van der Waals surface area (Å²) in [7, 11) is 0. The molecule has 2 heterocycles. The first-order valence-electron chi connectivity index (χ1n) is 6.71. The van der Waals surface area contributed by atoms with Crippen molar-refractivity contribution in [3.63, 3.8) is 0 Å². The molecule has 1 amide bonds. The van der Waals surface area contributed by atoms with Gasteiger partial charge in [0.05, 0.1) is 10.6 Å². The van der Waals surface area contributed by atoms with E-state index in [9.17, 15) is 4.79 Å². The summed E-state index contributed by atoms with van der Waals surface area (Å²) < 4.78 is 0. The number of hydrogen-bond acceptors (Lipinski definition) is 5. The Balaban J connectivity index is 1.76. The lowest BCUT2D eigenvalue weighted by atomic mass is 10.2. The molecular weight excluding hydrogens is 296 g/mol. The molecule has 0 spiro atoms. The number of thiophene rings is 1. The maximum absolute atomic E-state index is 11.0. The summed E-state index contributed by atoms with van der Waals surface area (Å²) in [4.78, 5) is 20.6. The molecule has 0 unspecified atom stereocenters. The van der Waals surface area contributed by atoms with E-state index < -0.39 is 0 Å². The van der Waals surface area contributed by atoms with Crippen LogP contribution in [0, 0.1) is 0 Å². The summed E-state index contributed by atoms with van der Waals surface area (Å²) in [5.41, 5.74) is 2.55. The molecule has 0 bridgehead atoms. The van der Waals surface area contributed by atoms with Crippen molar-refractivity contribution in [3.8, 4) is 10.6 Å². The van der Waals surface area contributed by atoms with E-state index in [2.05, 4.69) is 20.6 Å². The van der Waals surface area contributed by atoms with Gasteiger partial charge in [-0.25, -0.2) is 9.97 Å². The highest BCUT2D eigenvalue weighted by atomic mass is 32.1. The number of benzene rings is 1. The lowest BCUT2D eigenvalue weighted by molar-refractivity contribution is -0.114. The number of rotatable bonds is 4. The number of carbonyl (C=O) groups excluding carboxylic acids is 1. The van der Waals surface area contributed by atoms with Crippen LogP contribution in [0.15, 0.2) is 54.2 Å². The standard InChI is InChI=1S/C16H14N4OS/c1-11(21)19-12-4-6-13(7-5-12)20-16-9-14(17-10-18-16)15-3-2-8-22-15/h2-10H,1H3,(H,19,21)(H,17,18,20). The summed E-state index contributed by atoms with van der Waals surface area (Å²) >= 11 is 1.64. The maximum atomic E-state index is 11.0. The van der Waals surface area contributed by atoms with Gasteiger partial charge in [0, 0.05) is 24.4 Å². The van der Waals surface area contributed by atoms with Crippen LogP contribution in [0.4, 0.5) is 17.2 Å². The van der Waals surface area contributed by atoms with Crippen LogP contribution in [-0.2, 0) is 4.79 Å². The molecule has 5 nitrogen and oxygen atoms in total. The fraction of sp³-hybridized carbons (Fsp3) is 0.0625. The fourth-order valence-corrected chi connectivity index (χ4v) is 2.67. The third-order valence-corrected chi connectivity index (χ3v) is 3.81. The number of nitrogens with zero attached hydrogens (tertiary/aromatic N) is 2. The molecule has 0 aliphatic heterocycles. The minimum absolute atomic E-state index is 0.0860. The van der Waals surface area contributed by atoms with Gasteiger partial charge in [-0.15, -0.1) is 11.3 Å². The van der Waals surface area contributed by atoms with Crippen LogP contribution in [0.3, 0.4) is 0 Å². The molecular formula is C16H14N4OS. The van der Waals surface area contributed by atoms with Gasteiger partial charge >= 0.3 is 0 Å². The second-order valence-corrected chi connectivity index (χ2v) is 5.60. The first kappa shape index (κ1) is 14.2. The Hall–Kier alpha value is -2.73. The number of nitrogens with one attached hydrogen (secondary N) is 2. The molecule has 0 aliphatic rings. The molecule has 110 valence electrons. The fourth-order valence-electron chi connectivity index (χ4n) is 1.97. The number of amides is 1. The first-order valence-corrected chi connectivity index (χ1v) is 7.59. The highest BCUT2D eigenvalue weighted by Gasteiger charge is 2.03. The molecule has 1 aromatic carbocycles. The average Bonchev–Trinajstić information content (AvgIpc) is 3.03. The monoisotopic (exact) mass is 310 g/mol. The summed E-state index contributed by atoms with van der Waals surface area (Å²) in [5, 5.41) is 7.98. The van der Waals surface area contributed by atoms with Gasteiger partial charge in [-0.1, -0.05) is 6.07 Å². The first-order chi connectivity index (χ1) is 10.7. The van der Waals surface area contributed by atoms with Crippen molar-refractivity contribution in [1.29, 1.82) is 0 Å². The highest BCUT2D eigenvalue weighted by Crippen LogP contribution is 2.25. The second kappa shape index (κ2) is 6.36. The lowest BCUT2D eigenvalue weighted by Gasteiger charge is -2.08. The molecule has 0 saturated heterocycles. The van der Waals surface area contributed by atoms with Crippen molar-refractivity contribution >= 4 is 34.4 Å². The zero-order valence-corrected chi connectivity index (χ0v) is 12.7. The predicted octanol–water partition coefficient (Wildman–Crippen LogP) is 3.91. The van der Waals surface area contributed by atoms with Gasteiger partial charge < -0.3 is 10.6 Å². The van der Waals surface area contributed by atoms with Crippen molar-refractivity contribution in [2.45, 2.75) is 6.92 Å². The largest absolute Gasteiger partial charge is 0.340 e. The van der Waals surface area contributed by atoms with Gasteiger partial charge in [0.25, 0.3) is 0 Å². The molecule has 2 aromatic heterocycles. The van der Waals surface area contributed by atoms with Crippen LogP contribution >= 0.6 is 11.3 Å². The van der Waals surface area contributed by atoms with Crippen LogP contribution < -0.4 is 10.6 Å². The normalized spacial score (nSPS) is 10.2. The maximum Gasteiger partial charge on any atom is 0.221 e. The predicted molar refractivity (Wildman–Crippen MR) is 89.4 cm³/mol. The minimum Gasteiger partial charge on any atom is -0.340 e. The molecule has 3 aromatic rings. The summed E-state index contributed by atoms with van der Waals surface area (Å²) in [6.45, 7) is 1.49. The van der Waals surface area contributed by atoms with Gasteiger partial charge in [0.15, 0.2) is 0 Å². The van der Waals surface area contributed by atoms with Crippen molar-refractivity contribution in [2.75, 3.05) is 10.6 Å². The van der Waals surface area contributed by atoms with Crippen molar-refractivity contribution in [2.24, 2.45) is 0 Å². The molecule has 0 fully saturated rings. The Morgan fingerprint density at radius 1 is 1.09 bits per heavy atom.